The van der Waals surface area contributed by atoms with Gasteiger partial charge in [-0.3, -0.25) is 9.69 Å². The van der Waals surface area contributed by atoms with Crippen molar-refractivity contribution in [1.82, 2.24) is 24.3 Å². The summed E-state index contributed by atoms with van der Waals surface area (Å²) in [5.74, 6) is 0.214. The van der Waals surface area contributed by atoms with Crippen molar-refractivity contribution in [3.8, 4) is 5.69 Å². The number of carbonyl (C=O) groups is 1. The van der Waals surface area contributed by atoms with Crippen molar-refractivity contribution in [2.24, 2.45) is 5.92 Å². The first kappa shape index (κ1) is 28.8. The van der Waals surface area contributed by atoms with Gasteiger partial charge in [0.1, 0.15) is 0 Å². The van der Waals surface area contributed by atoms with Gasteiger partial charge in [0, 0.05) is 31.9 Å². The first-order valence-electron chi connectivity index (χ1n) is 12.7. The van der Waals surface area contributed by atoms with Gasteiger partial charge in [-0.25, -0.2) is 13.1 Å². The smallest absolute Gasteiger partial charge is 0.349 e. The van der Waals surface area contributed by atoms with E-state index in [-0.39, 0.29) is 45.2 Å². The Balaban J connectivity index is 1.31. The standard InChI is InChI=1S/C27H32F3N5O3S/c1-20(2)15-24-17-22(32-35(24)23-8-4-3-5-9-23)18-31-26(36)19-33-11-13-34(14-12-33)39(37,38)25-10-6-7-21(16-25)27(28,29)30/h3-10,16-17,20H,11-15,18-19H2,1-2H3,(H,31,36). The Morgan fingerprint density at radius 1 is 1.00 bits per heavy atom. The number of halogens is 3. The number of carbonyl (C=O) groups excluding carboxylic acids is 1. The topological polar surface area (TPSA) is 87.5 Å². The number of hydrogen-bond acceptors (Lipinski definition) is 5. The van der Waals surface area contributed by atoms with E-state index in [1.54, 1.807) is 0 Å². The third-order valence-electron chi connectivity index (χ3n) is 6.42. The van der Waals surface area contributed by atoms with Crippen molar-refractivity contribution in [2.45, 2.75) is 37.9 Å². The first-order chi connectivity index (χ1) is 18.4. The van der Waals surface area contributed by atoms with Crippen LogP contribution in [0.4, 0.5) is 13.2 Å². The lowest BCUT2D eigenvalue weighted by atomic mass is 10.1. The number of benzene rings is 2. The van der Waals surface area contributed by atoms with Gasteiger partial charge >= 0.3 is 6.18 Å². The number of nitrogens with one attached hydrogen (secondary N) is 1. The summed E-state index contributed by atoms with van der Waals surface area (Å²) < 4.78 is 68.0. The summed E-state index contributed by atoms with van der Waals surface area (Å²) in [4.78, 5) is 14.1. The molecule has 0 radical (unpaired) electrons. The average molecular weight is 564 g/mol. The molecule has 1 N–H and O–H groups in total. The highest BCUT2D eigenvalue weighted by Gasteiger charge is 2.34. The molecule has 4 rings (SSSR count). The zero-order chi connectivity index (χ0) is 28.2. The van der Waals surface area contributed by atoms with Crippen LogP contribution in [0.25, 0.3) is 5.69 Å². The maximum atomic E-state index is 13.0. The Bertz CT molecular complexity index is 1380. The fourth-order valence-corrected chi connectivity index (χ4v) is 5.94. The van der Waals surface area contributed by atoms with Gasteiger partial charge in [0.2, 0.25) is 15.9 Å². The van der Waals surface area contributed by atoms with Gasteiger partial charge in [0.25, 0.3) is 0 Å². The van der Waals surface area contributed by atoms with Crippen LogP contribution >= 0.6 is 0 Å². The molecule has 0 atom stereocenters. The fourth-order valence-electron chi connectivity index (χ4n) is 4.48. The molecule has 1 saturated heterocycles. The molecule has 8 nitrogen and oxygen atoms in total. The van der Waals surface area contributed by atoms with Gasteiger partial charge in [0.05, 0.1) is 34.9 Å². The van der Waals surface area contributed by atoms with Crippen molar-refractivity contribution in [2.75, 3.05) is 32.7 Å². The number of rotatable bonds is 9. The number of hydrogen-bond donors (Lipinski definition) is 1. The molecule has 1 aromatic heterocycles. The Labute approximate surface area is 226 Å². The molecule has 39 heavy (non-hydrogen) atoms. The maximum absolute atomic E-state index is 13.0. The predicted molar refractivity (Wildman–Crippen MR) is 141 cm³/mol. The molecule has 1 aliphatic heterocycles. The van der Waals surface area contributed by atoms with Gasteiger partial charge in [-0.2, -0.15) is 22.6 Å². The van der Waals surface area contributed by atoms with Crippen molar-refractivity contribution in [3.05, 3.63) is 77.6 Å². The summed E-state index contributed by atoms with van der Waals surface area (Å²) in [5, 5.41) is 7.57. The predicted octanol–water partition coefficient (Wildman–Crippen LogP) is 3.71. The highest BCUT2D eigenvalue weighted by molar-refractivity contribution is 7.89. The number of alkyl halides is 3. The number of amides is 1. The Hall–Kier alpha value is -3.22. The zero-order valence-corrected chi connectivity index (χ0v) is 22.7. The van der Waals surface area contributed by atoms with Gasteiger partial charge in [-0.1, -0.05) is 38.1 Å². The SMILES string of the molecule is CC(C)Cc1cc(CNC(=O)CN2CCN(S(=O)(=O)c3cccc(C(F)(F)F)c3)CC2)nn1-c1ccccc1. The zero-order valence-electron chi connectivity index (χ0n) is 21.9. The molecule has 210 valence electrons. The van der Waals surface area contributed by atoms with Crippen LogP contribution in [0, 0.1) is 5.92 Å². The Morgan fingerprint density at radius 2 is 1.69 bits per heavy atom. The van der Waals surface area contributed by atoms with Crippen molar-refractivity contribution >= 4 is 15.9 Å². The lowest BCUT2D eigenvalue weighted by molar-refractivity contribution is -0.137. The quantitative estimate of drug-likeness (QED) is 0.429. The van der Waals surface area contributed by atoms with Crippen molar-refractivity contribution in [3.63, 3.8) is 0 Å². The number of piperazine rings is 1. The van der Waals surface area contributed by atoms with Crippen molar-refractivity contribution < 1.29 is 26.4 Å². The van der Waals surface area contributed by atoms with E-state index < -0.39 is 26.7 Å². The van der Waals surface area contributed by atoms with Crippen LogP contribution in [0.2, 0.25) is 0 Å². The third kappa shape index (κ3) is 7.25. The van der Waals surface area contributed by atoms with Crippen LogP contribution in [0.3, 0.4) is 0 Å². The van der Waals surface area contributed by atoms with Gasteiger partial charge < -0.3 is 5.32 Å². The summed E-state index contributed by atoms with van der Waals surface area (Å²) in [6.45, 7) is 5.32. The maximum Gasteiger partial charge on any atom is 0.416 e. The Morgan fingerprint density at radius 3 is 2.33 bits per heavy atom. The monoisotopic (exact) mass is 563 g/mol. The van der Waals surface area contributed by atoms with Crippen LogP contribution in [0.15, 0.2) is 65.6 Å². The number of sulfonamides is 1. The molecule has 0 unspecified atom stereocenters. The van der Waals surface area contributed by atoms with Crippen LogP contribution in [0.1, 0.15) is 30.8 Å². The van der Waals surface area contributed by atoms with E-state index >= 15 is 0 Å². The number of nitrogens with zero attached hydrogens (tertiary/aromatic N) is 4. The summed E-state index contributed by atoms with van der Waals surface area (Å²) >= 11 is 0. The van der Waals surface area contributed by atoms with E-state index in [1.165, 1.54) is 0 Å². The Kier molecular flexibility index (Phi) is 8.77. The second-order valence-corrected chi connectivity index (χ2v) is 11.9. The lowest BCUT2D eigenvalue weighted by Gasteiger charge is -2.33. The molecule has 0 saturated carbocycles. The fraction of sp³-hybridized carbons (Fsp3) is 0.407. The summed E-state index contributed by atoms with van der Waals surface area (Å²) in [5.41, 5.74) is 1.73. The van der Waals surface area contributed by atoms with E-state index in [2.05, 4.69) is 24.3 Å². The summed E-state index contributed by atoms with van der Waals surface area (Å²) in [6.07, 6.45) is -3.79. The highest BCUT2D eigenvalue weighted by Crippen LogP contribution is 2.31. The van der Waals surface area contributed by atoms with E-state index in [0.717, 1.165) is 46.0 Å². The second kappa shape index (κ2) is 11.9. The third-order valence-corrected chi connectivity index (χ3v) is 8.31. The number of para-hydroxylation sites is 1. The van der Waals surface area contributed by atoms with E-state index in [1.807, 2.05) is 46.0 Å². The molecule has 1 fully saturated rings. The minimum atomic E-state index is -4.63. The largest absolute Gasteiger partial charge is 0.416 e. The molecule has 0 aliphatic carbocycles. The minimum absolute atomic E-state index is 0.0753. The van der Waals surface area contributed by atoms with E-state index in [0.29, 0.717) is 12.0 Å². The van der Waals surface area contributed by atoms with Crippen LogP contribution < -0.4 is 5.32 Å². The molecule has 2 heterocycles. The minimum Gasteiger partial charge on any atom is -0.349 e. The summed E-state index contributed by atoms with van der Waals surface area (Å²) in [7, 11) is -4.08. The molecule has 0 bridgehead atoms. The lowest BCUT2D eigenvalue weighted by Crippen LogP contribution is -2.51. The van der Waals surface area contributed by atoms with Gasteiger partial charge in [-0.05, 0) is 48.7 Å². The molecule has 12 heteroatoms. The molecular weight excluding hydrogens is 531 g/mol. The molecule has 1 amide bonds. The second-order valence-electron chi connectivity index (χ2n) is 9.95. The normalized spacial score (nSPS) is 15.5. The van der Waals surface area contributed by atoms with Gasteiger partial charge in [0.15, 0.2) is 0 Å². The van der Waals surface area contributed by atoms with Crippen LogP contribution in [-0.2, 0) is 34.0 Å². The highest BCUT2D eigenvalue weighted by atomic mass is 32.2. The van der Waals surface area contributed by atoms with Crippen molar-refractivity contribution in [1.29, 1.82) is 0 Å². The molecule has 2 aromatic carbocycles. The molecule has 0 spiro atoms. The molecular formula is C27H32F3N5O3S. The first-order valence-corrected chi connectivity index (χ1v) is 14.2. The molecule has 1 aliphatic rings. The summed E-state index contributed by atoms with van der Waals surface area (Å²) in [6, 6.07) is 15.5. The average Bonchev–Trinajstić information content (AvgIpc) is 3.30. The van der Waals surface area contributed by atoms with Crippen LogP contribution in [-0.4, -0.2) is 66.0 Å². The van der Waals surface area contributed by atoms with E-state index in [9.17, 15) is 26.4 Å². The van der Waals surface area contributed by atoms with Crippen LogP contribution in [0.5, 0.6) is 0 Å². The van der Waals surface area contributed by atoms with Gasteiger partial charge in [-0.15, -0.1) is 0 Å². The number of aromatic nitrogens is 2. The molecule has 3 aromatic rings. The van der Waals surface area contributed by atoms with E-state index in [4.69, 9.17) is 0 Å².